The minimum atomic E-state index is -0.451. The van der Waals surface area contributed by atoms with Crippen molar-refractivity contribution in [2.45, 2.75) is 0 Å². The molecular formula is C12H4FeO2-10. The van der Waals surface area contributed by atoms with Gasteiger partial charge in [0.05, 0.1) is 0 Å². The van der Waals surface area contributed by atoms with Gasteiger partial charge >= 0.3 is 0 Å². The maximum atomic E-state index is 10.5. The zero-order valence-corrected chi connectivity index (χ0v) is 8.85. The van der Waals surface area contributed by atoms with Crippen molar-refractivity contribution in [2.24, 2.45) is 0 Å². The van der Waals surface area contributed by atoms with Crippen molar-refractivity contribution < 1.29 is 26.6 Å². The van der Waals surface area contributed by atoms with Crippen LogP contribution in [0.1, 0.15) is 10.4 Å². The molecule has 0 spiro atoms. The summed E-state index contributed by atoms with van der Waals surface area (Å²) in [5.41, 5.74) is 0.248. The fourth-order valence-corrected chi connectivity index (χ4v) is 0.603. The maximum Gasteiger partial charge on any atom is 0.0437 e. The number of hydrogen-bond acceptors (Lipinski definition) is 2. The first-order valence-electron chi connectivity index (χ1n) is 3.64. The van der Waals surface area contributed by atoms with Gasteiger partial charge in [-0.1, -0.05) is 5.97 Å². The van der Waals surface area contributed by atoms with Crippen LogP contribution in [0.3, 0.4) is 0 Å². The molecular weight excluding hydrogens is 232 g/mol. The van der Waals surface area contributed by atoms with Gasteiger partial charge in [0.15, 0.2) is 0 Å². The Balaban J connectivity index is 0.000000280. The molecule has 0 unspecified atom stereocenters. The molecule has 2 aromatic rings. The van der Waals surface area contributed by atoms with Crippen molar-refractivity contribution in [3.8, 4) is 0 Å². The predicted octanol–water partition coefficient (Wildman–Crippen LogP) is 0.997. The Hall–Kier alpha value is -1.31. The van der Waals surface area contributed by atoms with Gasteiger partial charge in [-0.15, -0.1) is 0 Å². The average molecular weight is 236 g/mol. The van der Waals surface area contributed by atoms with Crippen LogP contribution in [-0.2, 0) is 21.8 Å². The molecule has 2 nitrogen and oxygen atoms in total. The summed E-state index contributed by atoms with van der Waals surface area (Å²) in [7, 11) is 1.30. The Bertz CT molecular complexity index is 318. The molecule has 82 valence electrons. The molecule has 0 saturated carbocycles. The van der Waals surface area contributed by atoms with Crippen molar-refractivity contribution >= 4 is 5.97 Å². The van der Waals surface area contributed by atoms with Gasteiger partial charge in [0, 0.05) is 24.2 Å². The number of hydrogen-bond donors (Lipinski definition) is 0. The summed E-state index contributed by atoms with van der Waals surface area (Å²) in [6.45, 7) is 0. The van der Waals surface area contributed by atoms with Crippen LogP contribution in [0.4, 0.5) is 0 Å². The summed E-state index contributed by atoms with van der Waals surface area (Å²) in [6, 6.07) is 21.8. The van der Waals surface area contributed by atoms with E-state index in [0.29, 0.717) is 0 Å². The number of ether oxygens (including phenoxy) is 1. The SMILES string of the molecule is COC(=O)[c-]1[c-][c-][c-][c-]1.[Fe].[c-]1[c-][c-][cH-][c-]1. The van der Waals surface area contributed by atoms with Crippen LogP contribution in [0, 0.1) is 48.5 Å². The van der Waals surface area contributed by atoms with Crippen molar-refractivity contribution in [3.05, 3.63) is 60.2 Å². The van der Waals surface area contributed by atoms with Gasteiger partial charge < -0.3 is 69.7 Å². The fourth-order valence-electron chi connectivity index (χ4n) is 0.603. The molecule has 15 heavy (non-hydrogen) atoms. The van der Waals surface area contributed by atoms with Crippen molar-refractivity contribution in [2.75, 3.05) is 7.11 Å². The van der Waals surface area contributed by atoms with E-state index in [1.807, 2.05) is 0 Å². The molecule has 0 saturated heterocycles. The number of methoxy groups -OCH3 is 1. The third-order valence-corrected chi connectivity index (χ3v) is 1.18. The van der Waals surface area contributed by atoms with Crippen molar-refractivity contribution in [1.82, 2.24) is 0 Å². The first kappa shape index (κ1) is 13.7. The van der Waals surface area contributed by atoms with E-state index >= 15 is 0 Å². The molecule has 0 aliphatic carbocycles. The van der Waals surface area contributed by atoms with Crippen LogP contribution in [0.25, 0.3) is 0 Å². The topological polar surface area (TPSA) is 26.3 Å². The number of carbonyl (C=O) groups excluding carboxylic acids is 1. The first-order chi connectivity index (χ1) is 6.84. The largest absolute Gasteiger partial charge is 0.999 e. The zero-order chi connectivity index (χ0) is 10.2. The van der Waals surface area contributed by atoms with Crippen LogP contribution in [0.15, 0.2) is 6.07 Å². The Morgan fingerprint density at radius 1 is 1.13 bits per heavy atom. The van der Waals surface area contributed by atoms with E-state index in [1.54, 1.807) is 6.07 Å². The minimum absolute atomic E-state index is 0. The normalized spacial score (nSPS) is 8.07. The quantitative estimate of drug-likeness (QED) is 0.419. The summed E-state index contributed by atoms with van der Waals surface area (Å²) < 4.78 is 4.35. The van der Waals surface area contributed by atoms with E-state index in [0.717, 1.165) is 0 Å². The molecule has 0 fully saturated rings. The van der Waals surface area contributed by atoms with E-state index < -0.39 is 5.97 Å². The zero-order valence-electron chi connectivity index (χ0n) is 7.75. The Morgan fingerprint density at radius 2 is 1.67 bits per heavy atom. The molecule has 3 heteroatoms. The molecule has 2 aromatic carbocycles. The standard InChI is InChI=1S/C7H3O2.C5H.Fe/c1-9-7(8)6-4-2-3-5-6;1-2-4-5-3-1;/h1H3;1H;/q2*-5;. The molecule has 0 bridgehead atoms. The van der Waals surface area contributed by atoms with Gasteiger partial charge in [-0.2, -0.15) is 0 Å². The second kappa shape index (κ2) is 8.04. The van der Waals surface area contributed by atoms with Gasteiger partial charge in [0.2, 0.25) is 0 Å². The minimum Gasteiger partial charge on any atom is -0.999 e. The van der Waals surface area contributed by atoms with E-state index in [-0.39, 0.29) is 22.6 Å². The van der Waals surface area contributed by atoms with Gasteiger partial charge in [-0.3, -0.25) is 0 Å². The van der Waals surface area contributed by atoms with Crippen LogP contribution < -0.4 is 0 Å². The number of rotatable bonds is 1. The number of carbonyl (C=O) groups is 1. The first-order valence-corrected chi connectivity index (χ1v) is 3.64. The van der Waals surface area contributed by atoms with Crippen molar-refractivity contribution in [3.63, 3.8) is 0 Å². The maximum absolute atomic E-state index is 10.5. The summed E-state index contributed by atoms with van der Waals surface area (Å²) in [5.74, 6) is -0.451. The summed E-state index contributed by atoms with van der Waals surface area (Å²) in [6.07, 6.45) is 0. The third kappa shape index (κ3) is 5.21. The third-order valence-electron chi connectivity index (χ3n) is 1.18. The molecule has 0 radical (unpaired) electrons. The second-order valence-electron chi connectivity index (χ2n) is 2.05. The molecule has 0 aromatic heterocycles. The molecule has 0 heterocycles. The van der Waals surface area contributed by atoms with Gasteiger partial charge in [-0.25, -0.2) is 0 Å². The van der Waals surface area contributed by atoms with Crippen molar-refractivity contribution in [1.29, 1.82) is 0 Å². The van der Waals surface area contributed by atoms with Crippen LogP contribution in [0.2, 0.25) is 0 Å². The summed E-state index contributed by atoms with van der Waals surface area (Å²) in [5, 5.41) is 0. The van der Waals surface area contributed by atoms with Crippen LogP contribution >= 0.6 is 0 Å². The number of esters is 1. The Morgan fingerprint density at radius 3 is 2.00 bits per heavy atom. The molecule has 0 amide bonds. The molecule has 2 rings (SSSR count). The molecule has 0 aliphatic heterocycles. The van der Waals surface area contributed by atoms with E-state index in [2.05, 4.69) is 53.3 Å². The predicted molar refractivity (Wildman–Crippen MR) is 46.1 cm³/mol. The smallest absolute Gasteiger partial charge is 0.0437 e. The van der Waals surface area contributed by atoms with E-state index in [4.69, 9.17) is 0 Å². The average Bonchev–Trinajstić information content (AvgIpc) is 2.91. The molecule has 0 atom stereocenters. The fraction of sp³-hybridized carbons (Fsp3) is 0.0833. The molecule has 0 aliphatic rings. The van der Waals surface area contributed by atoms with Crippen LogP contribution in [0.5, 0.6) is 0 Å². The van der Waals surface area contributed by atoms with Crippen LogP contribution in [-0.4, -0.2) is 13.1 Å². The summed E-state index contributed by atoms with van der Waals surface area (Å²) >= 11 is 0. The second-order valence-corrected chi connectivity index (χ2v) is 2.05. The van der Waals surface area contributed by atoms with E-state index in [9.17, 15) is 4.79 Å². The van der Waals surface area contributed by atoms with Gasteiger partial charge in [-0.05, 0) is 0 Å². The molecule has 0 N–H and O–H groups in total. The Kier molecular flexibility index (Phi) is 7.33. The summed E-state index contributed by atoms with van der Waals surface area (Å²) in [4.78, 5) is 10.5. The van der Waals surface area contributed by atoms with Gasteiger partial charge in [0.1, 0.15) is 0 Å². The van der Waals surface area contributed by atoms with Gasteiger partial charge in [0.25, 0.3) is 0 Å². The Labute approximate surface area is 100 Å². The monoisotopic (exact) mass is 236 g/mol. The van der Waals surface area contributed by atoms with E-state index in [1.165, 1.54) is 7.11 Å².